The van der Waals surface area contributed by atoms with Gasteiger partial charge in [-0.2, -0.15) is 0 Å². The Hall–Kier alpha value is -2.30. The Morgan fingerprint density at radius 2 is 1.71 bits per heavy atom. The molecule has 0 saturated carbocycles. The number of Topliss-reactive ketones (excluding diaryl/α,β-unsaturated/α-hetero) is 1. The molecule has 0 unspecified atom stereocenters. The van der Waals surface area contributed by atoms with Gasteiger partial charge in [0, 0.05) is 5.39 Å². The standard InChI is InChI=1S/C19H25NO4/c1-18(2,3)16(20-17(22)24-19(4,5)6)15(21)14-11-12-9-7-8-10-13(12)23-14/h7-11,16H,1-6H3,(H,20,22)/t16-/m1/s1. The minimum absolute atomic E-state index is 0.229. The van der Waals surface area contributed by atoms with Crippen LogP contribution in [-0.2, 0) is 4.74 Å². The lowest BCUT2D eigenvalue weighted by Gasteiger charge is -2.30. The maximum atomic E-state index is 12.9. The maximum absolute atomic E-state index is 12.9. The van der Waals surface area contributed by atoms with Crippen molar-refractivity contribution in [2.24, 2.45) is 5.41 Å². The van der Waals surface area contributed by atoms with Crippen molar-refractivity contribution in [2.75, 3.05) is 0 Å². The van der Waals surface area contributed by atoms with E-state index in [9.17, 15) is 9.59 Å². The summed E-state index contributed by atoms with van der Waals surface area (Å²) in [7, 11) is 0. The van der Waals surface area contributed by atoms with Crippen LogP contribution in [0.25, 0.3) is 11.0 Å². The number of hydrogen-bond acceptors (Lipinski definition) is 4. The highest BCUT2D eigenvalue weighted by Gasteiger charge is 2.36. The smallest absolute Gasteiger partial charge is 0.408 e. The van der Waals surface area contributed by atoms with Crippen molar-refractivity contribution >= 4 is 22.8 Å². The first-order chi connectivity index (χ1) is 11.0. The Labute approximate surface area is 142 Å². The topological polar surface area (TPSA) is 68.5 Å². The number of carbonyl (C=O) groups is 2. The first kappa shape index (κ1) is 18.0. The second-order valence-corrected chi connectivity index (χ2v) is 7.96. The van der Waals surface area contributed by atoms with E-state index in [2.05, 4.69) is 5.32 Å². The normalized spacial score (nSPS) is 13.6. The molecule has 0 bridgehead atoms. The number of nitrogens with one attached hydrogen (secondary N) is 1. The summed E-state index contributed by atoms with van der Waals surface area (Å²) >= 11 is 0. The number of ether oxygens (including phenoxy) is 1. The van der Waals surface area contributed by atoms with E-state index in [4.69, 9.17) is 9.15 Å². The minimum atomic E-state index is -0.757. The number of hydrogen-bond donors (Lipinski definition) is 1. The zero-order valence-corrected chi connectivity index (χ0v) is 15.1. The van der Waals surface area contributed by atoms with E-state index in [1.54, 1.807) is 32.9 Å². The summed E-state index contributed by atoms with van der Waals surface area (Å²) in [6, 6.07) is 8.36. The molecule has 5 heteroatoms. The molecule has 5 nitrogen and oxygen atoms in total. The van der Waals surface area contributed by atoms with Crippen molar-refractivity contribution in [3.63, 3.8) is 0 Å². The van der Waals surface area contributed by atoms with Crippen LogP contribution in [0, 0.1) is 5.41 Å². The summed E-state index contributed by atoms with van der Waals surface area (Å²) < 4.78 is 10.9. The van der Waals surface area contributed by atoms with Crippen LogP contribution >= 0.6 is 0 Å². The quantitative estimate of drug-likeness (QED) is 0.837. The largest absolute Gasteiger partial charge is 0.453 e. The number of rotatable bonds is 3. The highest BCUT2D eigenvalue weighted by Crippen LogP contribution is 2.26. The van der Waals surface area contributed by atoms with Gasteiger partial charge in [0.25, 0.3) is 0 Å². The van der Waals surface area contributed by atoms with Gasteiger partial charge in [-0.15, -0.1) is 0 Å². The highest BCUT2D eigenvalue weighted by molar-refractivity contribution is 6.02. The first-order valence-electron chi connectivity index (χ1n) is 8.00. The number of benzene rings is 1. The second kappa shape index (κ2) is 6.30. The fourth-order valence-electron chi connectivity index (χ4n) is 2.35. The van der Waals surface area contributed by atoms with Gasteiger partial charge in [-0.1, -0.05) is 39.0 Å². The van der Waals surface area contributed by atoms with Gasteiger partial charge in [-0.05, 0) is 38.3 Å². The van der Waals surface area contributed by atoms with E-state index in [-0.39, 0.29) is 11.5 Å². The number of carbonyl (C=O) groups excluding carboxylic acids is 2. The zero-order chi connectivity index (χ0) is 18.1. The van der Waals surface area contributed by atoms with E-state index in [1.807, 2.05) is 39.0 Å². The van der Waals surface area contributed by atoms with Crippen LogP contribution in [-0.4, -0.2) is 23.5 Å². The molecule has 130 valence electrons. The molecule has 1 aromatic heterocycles. The van der Waals surface area contributed by atoms with Gasteiger partial charge < -0.3 is 14.5 Å². The summed E-state index contributed by atoms with van der Waals surface area (Å²) in [5, 5.41) is 3.54. The molecule has 0 radical (unpaired) electrons. The van der Waals surface area contributed by atoms with Gasteiger partial charge in [0.2, 0.25) is 5.78 Å². The third kappa shape index (κ3) is 4.37. The predicted octanol–water partition coefficient (Wildman–Crippen LogP) is 4.55. The summed E-state index contributed by atoms with van der Waals surface area (Å²) in [6.45, 7) is 11.0. The van der Waals surface area contributed by atoms with Crippen LogP contribution in [0.15, 0.2) is 34.7 Å². The van der Waals surface area contributed by atoms with Crippen LogP contribution in [0.3, 0.4) is 0 Å². The Balaban J connectivity index is 2.27. The number of furan rings is 1. The molecule has 24 heavy (non-hydrogen) atoms. The molecule has 2 rings (SSSR count). The van der Waals surface area contributed by atoms with E-state index >= 15 is 0 Å². The second-order valence-electron chi connectivity index (χ2n) is 7.96. The molecule has 0 aliphatic carbocycles. The SMILES string of the molecule is CC(C)(C)OC(=O)N[C@H](C(=O)c1cc2ccccc2o1)C(C)(C)C. The number of ketones is 1. The van der Waals surface area contributed by atoms with E-state index in [0.717, 1.165) is 5.39 Å². The Morgan fingerprint density at radius 1 is 1.08 bits per heavy atom. The Morgan fingerprint density at radius 3 is 2.25 bits per heavy atom. The lowest BCUT2D eigenvalue weighted by molar-refractivity contribution is 0.0442. The Kier molecular flexibility index (Phi) is 4.74. The van der Waals surface area contributed by atoms with Crippen molar-refractivity contribution in [3.8, 4) is 0 Å². The van der Waals surface area contributed by atoms with Gasteiger partial charge in [0.15, 0.2) is 5.76 Å². The van der Waals surface area contributed by atoms with Gasteiger partial charge in [-0.25, -0.2) is 4.79 Å². The van der Waals surface area contributed by atoms with Crippen LogP contribution in [0.1, 0.15) is 52.1 Å². The third-order valence-electron chi connectivity index (χ3n) is 3.46. The monoisotopic (exact) mass is 331 g/mol. The number of fused-ring (bicyclic) bond motifs is 1. The molecule has 0 aliphatic heterocycles. The van der Waals surface area contributed by atoms with E-state index < -0.39 is 23.2 Å². The van der Waals surface area contributed by atoms with Crippen molar-refractivity contribution in [1.29, 1.82) is 0 Å². The van der Waals surface area contributed by atoms with Crippen LogP contribution in [0.5, 0.6) is 0 Å². The van der Waals surface area contributed by atoms with E-state index in [0.29, 0.717) is 5.58 Å². The molecule has 1 aromatic carbocycles. The number of alkyl carbamates (subject to hydrolysis) is 1. The highest BCUT2D eigenvalue weighted by atomic mass is 16.6. The molecule has 0 saturated heterocycles. The average molecular weight is 331 g/mol. The molecule has 0 spiro atoms. The molecule has 0 fully saturated rings. The van der Waals surface area contributed by atoms with Crippen molar-refractivity contribution in [1.82, 2.24) is 5.32 Å². The number of amides is 1. The van der Waals surface area contributed by atoms with Gasteiger partial charge >= 0.3 is 6.09 Å². The third-order valence-corrected chi connectivity index (χ3v) is 3.46. The van der Waals surface area contributed by atoms with Crippen LogP contribution in [0.4, 0.5) is 4.79 Å². The number of para-hydroxylation sites is 1. The lowest BCUT2D eigenvalue weighted by atomic mass is 9.83. The van der Waals surface area contributed by atoms with Gasteiger partial charge in [-0.3, -0.25) is 4.79 Å². The summed E-state index contributed by atoms with van der Waals surface area (Å²) in [5.41, 5.74) is -0.479. The van der Waals surface area contributed by atoms with E-state index in [1.165, 1.54) is 0 Å². The van der Waals surface area contributed by atoms with Crippen LogP contribution < -0.4 is 5.32 Å². The molecule has 1 heterocycles. The fourth-order valence-corrected chi connectivity index (χ4v) is 2.35. The molecule has 1 amide bonds. The average Bonchev–Trinajstić information content (AvgIpc) is 2.84. The summed E-state index contributed by atoms with van der Waals surface area (Å²) in [4.78, 5) is 25.0. The van der Waals surface area contributed by atoms with Crippen LogP contribution in [0.2, 0.25) is 0 Å². The predicted molar refractivity (Wildman–Crippen MR) is 93.2 cm³/mol. The fraction of sp³-hybridized carbons (Fsp3) is 0.474. The Bertz CT molecular complexity index is 714. The maximum Gasteiger partial charge on any atom is 0.408 e. The lowest BCUT2D eigenvalue weighted by Crippen LogP contribution is -2.50. The summed E-state index contributed by atoms with van der Waals surface area (Å²) in [6.07, 6.45) is -0.619. The summed E-state index contributed by atoms with van der Waals surface area (Å²) in [5.74, 6) is -0.0447. The molecule has 0 aliphatic rings. The molecule has 2 aromatic rings. The molecule has 1 N–H and O–H groups in total. The zero-order valence-electron chi connectivity index (χ0n) is 15.1. The first-order valence-corrected chi connectivity index (χ1v) is 8.00. The minimum Gasteiger partial charge on any atom is -0.453 e. The van der Waals surface area contributed by atoms with Gasteiger partial charge in [0.1, 0.15) is 17.2 Å². The molecular weight excluding hydrogens is 306 g/mol. The van der Waals surface area contributed by atoms with Gasteiger partial charge in [0.05, 0.1) is 0 Å². The van der Waals surface area contributed by atoms with Crippen molar-refractivity contribution in [3.05, 3.63) is 36.1 Å². The van der Waals surface area contributed by atoms with Crippen molar-refractivity contribution < 1.29 is 18.7 Å². The van der Waals surface area contributed by atoms with Crippen molar-refractivity contribution in [2.45, 2.75) is 53.2 Å². The molecular formula is C19H25NO4. The molecule has 1 atom stereocenters.